The fourth-order valence-electron chi connectivity index (χ4n) is 4.92. The summed E-state index contributed by atoms with van der Waals surface area (Å²) < 4.78 is 0. The number of piperidine rings is 3. The van der Waals surface area contributed by atoms with Crippen LogP contribution in [-0.4, -0.2) is 30.1 Å². The Labute approximate surface area is 116 Å². The predicted molar refractivity (Wildman–Crippen MR) is 78.2 cm³/mol. The van der Waals surface area contributed by atoms with E-state index in [9.17, 15) is 0 Å². The second kappa shape index (κ2) is 4.07. The minimum absolute atomic E-state index is 0.254. The minimum atomic E-state index is 0.254. The van der Waals surface area contributed by atoms with E-state index in [2.05, 4.69) is 48.3 Å². The Balaban J connectivity index is 1.83. The maximum absolute atomic E-state index is 3.89. The van der Waals surface area contributed by atoms with Gasteiger partial charge in [-0.15, -0.1) is 0 Å². The van der Waals surface area contributed by atoms with Crippen molar-refractivity contribution in [3.05, 3.63) is 35.4 Å². The van der Waals surface area contributed by atoms with Crippen molar-refractivity contribution < 1.29 is 0 Å². The molecule has 2 nitrogen and oxygen atoms in total. The van der Waals surface area contributed by atoms with Crippen molar-refractivity contribution in [2.45, 2.75) is 50.7 Å². The van der Waals surface area contributed by atoms with Gasteiger partial charge in [0.05, 0.1) is 0 Å². The number of benzene rings is 1. The highest BCUT2D eigenvalue weighted by Gasteiger charge is 2.50. The van der Waals surface area contributed by atoms with E-state index in [1.54, 1.807) is 5.56 Å². The van der Waals surface area contributed by atoms with Gasteiger partial charge in [-0.3, -0.25) is 4.90 Å². The second-order valence-corrected chi connectivity index (χ2v) is 7.10. The van der Waals surface area contributed by atoms with Crippen LogP contribution in [-0.2, 0) is 12.0 Å². The molecule has 2 bridgehead atoms. The SMILES string of the molecule is CC1(C)c2ccccc2CN[C@H]2C3CCN(CC3)[C@H]21. The van der Waals surface area contributed by atoms with Gasteiger partial charge in [-0.2, -0.15) is 0 Å². The van der Waals surface area contributed by atoms with Crippen LogP contribution in [0.1, 0.15) is 37.8 Å². The molecule has 5 rings (SSSR count). The number of fused-ring (bicyclic) bond motifs is 3. The summed E-state index contributed by atoms with van der Waals surface area (Å²) in [5.74, 6) is 0.892. The van der Waals surface area contributed by atoms with Gasteiger partial charge >= 0.3 is 0 Å². The summed E-state index contributed by atoms with van der Waals surface area (Å²) in [5, 5.41) is 3.89. The molecule has 0 aliphatic carbocycles. The quantitative estimate of drug-likeness (QED) is 0.767. The molecule has 102 valence electrons. The normalized spacial score (nSPS) is 39.3. The number of nitrogens with zero attached hydrogens (tertiary/aromatic N) is 1. The number of hydrogen-bond acceptors (Lipinski definition) is 2. The molecule has 0 amide bonds. The highest BCUT2D eigenvalue weighted by molar-refractivity contribution is 5.37. The maximum atomic E-state index is 3.89. The zero-order valence-corrected chi connectivity index (χ0v) is 12.0. The van der Waals surface area contributed by atoms with Gasteiger partial charge in [0.1, 0.15) is 0 Å². The maximum Gasteiger partial charge on any atom is 0.0343 e. The van der Waals surface area contributed by atoms with Crippen LogP contribution >= 0.6 is 0 Å². The van der Waals surface area contributed by atoms with E-state index in [-0.39, 0.29) is 5.41 Å². The molecule has 2 heteroatoms. The lowest BCUT2D eigenvalue weighted by atomic mass is 9.66. The molecule has 0 radical (unpaired) electrons. The van der Waals surface area contributed by atoms with E-state index < -0.39 is 0 Å². The average Bonchev–Trinajstić information content (AvgIpc) is 2.57. The molecule has 0 aromatic heterocycles. The van der Waals surface area contributed by atoms with Gasteiger partial charge in [-0.25, -0.2) is 0 Å². The third-order valence-corrected chi connectivity index (χ3v) is 5.79. The van der Waals surface area contributed by atoms with Crippen molar-refractivity contribution in [3.63, 3.8) is 0 Å². The summed E-state index contributed by atoms with van der Waals surface area (Å²) in [6.07, 6.45) is 2.78. The molecular formula is C17H24N2. The lowest BCUT2D eigenvalue weighted by Crippen LogP contribution is -2.66. The molecule has 1 aromatic carbocycles. The lowest BCUT2D eigenvalue weighted by molar-refractivity contribution is -0.0172. The fraction of sp³-hybridized carbons (Fsp3) is 0.647. The monoisotopic (exact) mass is 256 g/mol. The zero-order chi connectivity index (χ0) is 13.0. The van der Waals surface area contributed by atoms with Crippen LogP contribution in [0.4, 0.5) is 0 Å². The van der Waals surface area contributed by atoms with E-state index in [0.29, 0.717) is 12.1 Å². The smallest absolute Gasteiger partial charge is 0.0343 e. The Morgan fingerprint density at radius 1 is 1.16 bits per heavy atom. The van der Waals surface area contributed by atoms with Crippen LogP contribution in [0.2, 0.25) is 0 Å². The van der Waals surface area contributed by atoms with Crippen molar-refractivity contribution in [2.75, 3.05) is 13.1 Å². The van der Waals surface area contributed by atoms with Crippen LogP contribution in [0.3, 0.4) is 0 Å². The highest BCUT2D eigenvalue weighted by atomic mass is 15.2. The molecular weight excluding hydrogens is 232 g/mol. The van der Waals surface area contributed by atoms with Crippen LogP contribution in [0.25, 0.3) is 0 Å². The summed E-state index contributed by atoms with van der Waals surface area (Å²) in [6, 6.07) is 10.4. The standard InChI is InChI=1S/C17H24N2/c1-17(2)14-6-4-3-5-13(14)11-18-15-12-7-9-19(10-8-12)16(15)17/h3-6,12,15-16,18H,7-11H2,1-2H3/t15-,16+/m0/s1. The molecule has 19 heavy (non-hydrogen) atoms. The summed E-state index contributed by atoms with van der Waals surface area (Å²) in [4.78, 5) is 2.75. The Morgan fingerprint density at radius 3 is 2.68 bits per heavy atom. The number of hydrogen-bond donors (Lipinski definition) is 1. The van der Waals surface area contributed by atoms with E-state index in [0.717, 1.165) is 12.5 Å². The van der Waals surface area contributed by atoms with Crippen LogP contribution in [0, 0.1) is 5.92 Å². The molecule has 0 unspecified atom stereocenters. The summed E-state index contributed by atoms with van der Waals surface area (Å²) in [5.41, 5.74) is 3.31. The topological polar surface area (TPSA) is 15.3 Å². The molecule has 3 fully saturated rings. The van der Waals surface area contributed by atoms with Gasteiger partial charge in [0, 0.05) is 24.0 Å². The largest absolute Gasteiger partial charge is 0.308 e. The summed E-state index contributed by atoms with van der Waals surface area (Å²) >= 11 is 0. The van der Waals surface area contributed by atoms with Gasteiger partial charge in [-0.1, -0.05) is 38.1 Å². The summed E-state index contributed by atoms with van der Waals surface area (Å²) in [7, 11) is 0. The Hall–Kier alpha value is -0.860. The molecule has 4 aliphatic rings. The summed E-state index contributed by atoms with van der Waals surface area (Å²) in [6.45, 7) is 8.57. The third kappa shape index (κ3) is 1.63. The van der Waals surface area contributed by atoms with Crippen LogP contribution < -0.4 is 5.32 Å². The van der Waals surface area contributed by atoms with Gasteiger partial charge in [0.15, 0.2) is 0 Å². The van der Waals surface area contributed by atoms with Crippen molar-refractivity contribution in [1.82, 2.24) is 10.2 Å². The van der Waals surface area contributed by atoms with Crippen molar-refractivity contribution in [3.8, 4) is 0 Å². The van der Waals surface area contributed by atoms with Crippen molar-refractivity contribution >= 4 is 0 Å². The van der Waals surface area contributed by atoms with Gasteiger partial charge in [0.25, 0.3) is 0 Å². The molecule has 0 spiro atoms. The first kappa shape index (κ1) is 11.9. The zero-order valence-electron chi connectivity index (χ0n) is 12.0. The number of rotatable bonds is 0. The van der Waals surface area contributed by atoms with Gasteiger partial charge in [-0.05, 0) is 43.0 Å². The Kier molecular flexibility index (Phi) is 2.55. The minimum Gasteiger partial charge on any atom is -0.308 e. The van der Waals surface area contributed by atoms with Crippen molar-refractivity contribution in [2.24, 2.45) is 5.92 Å². The van der Waals surface area contributed by atoms with E-state index in [1.165, 1.54) is 31.5 Å². The highest BCUT2D eigenvalue weighted by Crippen LogP contribution is 2.44. The van der Waals surface area contributed by atoms with Gasteiger partial charge < -0.3 is 5.32 Å². The van der Waals surface area contributed by atoms with E-state index >= 15 is 0 Å². The van der Waals surface area contributed by atoms with Crippen molar-refractivity contribution in [1.29, 1.82) is 0 Å². The van der Waals surface area contributed by atoms with Crippen LogP contribution in [0.15, 0.2) is 24.3 Å². The Bertz CT molecular complexity index is 486. The molecule has 2 atom stereocenters. The Morgan fingerprint density at radius 2 is 1.89 bits per heavy atom. The lowest BCUT2D eigenvalue weighted by Gasteiger charge is -2.56. The van der Waals surface area contributed by atoms with Gasteiger partial charge in [0.2, 0.25) is 0 Å². The molecule has 3 saturated heterocycles. The predicted octanol–water partition coefficient (Wildman–Crippen LogP) is 2.53. The first-order chi connectivity index (χ1) is 9.18. The van der Waals surface area contributed by atoms with E-state index in [4.69, 9.17) is 0 Å². The number of nitrogens with one attached hydrogen (secondary N) is 1. The average molecular weight is 256 g/mol. The molecule has 4 heterocycles. The van der Waals surface area contributed by atoms with Crippen LogP contribution in [0.5, 0.6) is 0 Å². The third-order valence-electron chi connectivity index (χ3n) is 5.79. The van der Waals surface area contributed by atoms with E-state index in [1.807, 2.05) is 0 Å². The molecule has 0 saturated carbocycles. The first-order valence-corrected chi connectivity index (χ1v) is 7.74. The first-order valence-electron chi connectivity index (χ1n) is 7.74. The molecule has 1 N–H and O–H groups in total. The molecule has 4 aliphatic heterocycles. The second-order valence-electron chi connectivity index (χ2n) is 7.10. The molecule has 1 aromatic rings. The fourth-order valence-corrected chi connectivity index (χ4v) is 4.92.